The monoisotopic (exact) mass is 328 g/mol. The second-order valence-electron chi connectivity index (χ2n) is 3.45. The highest BCUT2D eigenvalue weighted by Crippen LogP contribution is 2.22. The summed E-state index contributed by atoms with van der Waals surface area (Å²) in [5.41, 5.74) is 0.358. The summed E-state index contributed by atoms with van der Waals surface area (Å²) < 4.78 is 14.3. The molecule has 0 aliphatic carbocycles. The Morgan fingerprint density at radius 2 is 2.17 bits per heavy atom. The molecule has 0 spiro atoms. The number of amides is 1. The summed E-state index contributed by atoms with van der Waals surface area (Å²) in [6.07, 6.45) is 2.94. The molecule has 0 aliphatic rings. The van der Waals surface area contributed by atoms with Crippen molar-refractivity contribution in [1.82, 2.24) is 4.98 Å². The Labute approximate surface area is 116 Å². The van der Waals surface area contributed by atoms with Crippen molar-refractivity contribution in [1.29, 1.82) is 0 Å². The van der Waals surface area contributed by atoms with Crippen LogP contribution in [0.3, 0.4) is 0 Å². The fraction of sp³-hybridized carbons (Fsp3) is 0. The van der Waals surface area contributed by atoms with Crippen molar-refractivity contribution in [2.75, 3.05) is 5.32 Å². The first-order valence-electron chi connectivity index (χ1n) is 4.94. The van der Waals surface area contributed by atoms with Crippen molar-refractivity contribution >= 4 is 39.1 Å². The Kier molecular flexibility index (Phi) is 3.93. The number of hydrogen-bond acceptors (Lipinski definition) is 2. The molecule has 1 N–H and O–H groups in total. The average molecular weight is 330 g/mol. The van der Waals surface area contributed by atoms with Gasteiger partial charge in [0.05, 0.1) is 16.3 Å². The minimum absolute atomic E-state index is 0.0347. The summed E-state index contributed by atoms with van der Waals surface area (Å²) in [4.78, 5) is 15.7. The number of pyridine rings is 1. The minimum atomic E-state index is -0.657. The first-order chi connectivity index (χ1) is 8.58. The maximum atomic E-state index is 13.6. The molecule has 1 aromatic heterocycles. The molecule has 0 fully saturated rings. The van der Waals surface area contributed by atoms with Gasteiger partial charge in [0.1, 0.15) is 0 Å². The van der Waals surface area contributed by atoms with Crippen LogP contribution >= 0.6 is 27.5 Å². The lowest BCUT2D eigenvalue weighted by Gasteiger charge is -2.07. The average Bonchev–Trinajstić information content (AvgIpc) is 2.35. The number of aromatic nitrogens is 1. The van der Waals surface area contributed by atoms with Crippen molar-refractivity contribution in [3.05, 3.63) is 57.5 Å². The molecule has 2 rings (SSSR count). The van der Waals surface area contributed by atoms with Gasteiger partial charge in [-0.25, -0.2) is 4.39 Å². The normalized spacial score (nSPS) is 10.2. The fourth-order valence-corrected chi connectivity index (χ4v) is 1.87. The highest BCUT2D eigenvalue weighted by Gasteiger charge is 2.11. The summed E-state index contributed by atoms with van der Waals surface area (Å²) >= 11 is 8.83. The standard InChI is InChI=1S/C12H7BrClFN2O/c13-8-4-7(5-16-6-8)12(18)17-10-3-1-2-9(14)11(10)15/h1-6H,(H,17,18). The van der Waals surface area contributed by atoms with Gasteiger partial charge in [-0.15, -0.1) is 0 Å². The first kappa shape index (κ1) is 13.0. The maximum Gasteiger partial charge on any atom is 0.257 e. The lowest BCUT2D eigenvalue weighted by molar-refractivity contribution is 0.102. The van der Waals surface area contributed by atoms with Crippen LogP contribution in [-0.4, -0.2) is 10.9 Å². The van der Waals surface area contributed by atoms with E-state index < -0.39 is 11.7 Å². The molecule has 18 heavy (non-hydrogen) atoms. The molecule has 6 heteroatoms. The predicted octanol–water partition coefficient (Wildman–Crippen LogP) is 3.89. The fourth-order valence-electron chi connectivity index (χ4n) is 1.33. The van der Waals surface area contributed by atoms with Crippen LogP contribution in [0.5, 0.6) is 0 Å². The number of carbonyl (C=O) groups is 1. The molecular formula is C12H7BrClFN2O. The molecule has 0 radical (unpaired) electrons. The van der Waals surface area contributed by atoms with Gasteiger partial charge in [-0.3, -0.25) is 9.78 Å². The van der Waals surface area contributed by atoms with E-state index in [1.807, 2.05) is 0 Å². The van der Waals surface area contributed by atoms with Gasteiger partial charge in [0.15, 0.2) is 5.82 Å². The number of rotatable bonds is 2. The SMILES string of the molecule is O=C(Nc1cccc(Cl)c1F)c1cncc(Br)c1. The van der Waals surface area contributed by atoms with Crippen molar-refractivity contribution in [3.63, 3.8) is 0 Å². The van der Waals surface area contributed by atoms with Gasteiger partial charge >= 0.3 is 0 Å². The molecule has 92 valence electrons. The third-order valence-electron chi connectivity index (χ3n) is 2.17. The zero-order valence-electron chi connectivity index (χ0n) is 8.95. The third-order valence-corrected chi connectivity index (χ3v) is 2.89. The van der Waals surface area contributed by atoms with Crippen LogP contribution < -0.4 is 5.32 Å². The predicted molar refractivity (Wildman–Crippen MR) is 71.3 cm³/mol. The Morgan fingerprint density at radius 3 is 2.89 bits per heavy atom. The Morgan fingerprint density at radius 1 is 1.39 bits per heavy atom. The molecule has 1 aromatic carbocycles. The molecule has 0 saturated heterocycles. The number of halogens is 3. The van der Waals surface area contributed by atoms with E-state index in [1.54, 1.807) is 18.3 Å². The van der Waals surface area contributed by atoms with Crippen LogP contribution in [0.2, 0.25) is 5.02 Å². The summed E-state index contributed by atoms with van der Waals surface area (Å²) in [5.74, 6) is -1.11. The summed E-state index contributed by atoms with van der Waals surface area (Å²) in [6, 6.07) is 5.99. The van der Waals surface area contributed by atoms with Crippen LogP contribution in [-0.2, 0) is 0 Å². The van der Waals surface area contributed by atoms with E-state index in [1.165, 1.54) is 18.3 Å². The Hall–Kier alpha value is -1.46. The van der Waals surface area contributed by atoms with Crippen LogP contribution in [0, 0.1) is 5.82 Å². The largest absolute Gasteiger partial charge is 0.319 e. The van der Waals surface area contributed by atoms with E-state index >= 15 is 0 Å². The van der Waals surface area contributed by atoms with E-state index in [2.05, 4.69) is 26.2 Å². The zero-order valence-corrected chi connectivity index (χ0v) is 11.3. The molecule has 1 amide bonds. The van der Waals surface area contributed by atoms with E-state index in [-0.39, 0.29) is 10.7 Å². The van der Waals surface area contributed by atoms with Crippen LogP contribution in [0.4, 0.5) is 10.1 Å². The molecule has 0 bridgehead atoms. The molecule has 3 nitrogen and oxygen atoms in total. The lowest BCUT2D eigenvalue weighted by Crippen LogP contribution is -2.13. The molecular weight excluding hydrogens is 322 g/mol. The Bertz CT molecular complexity index is 606. The van der Waals surface area contributed by atoms with Crippen molar-refractivity contribution in [2.45, 2.75) is 0 Å². The molecule has 0 saturated carbocycles. The number of anilines is 1. The van der Waals surface area contributed by atoms with Crippen molar-refractivity contribution < 1.29 is 9.18 Å². The van der Waals surface area contributed by atoms with Gasteiger partial charge < -0.3 is 5.32 Å². The van der Waals surface area contributed by atoms with Crippen molar-refractivity contribution in [3.8, 4) is 0 Å². The van der Waals surface area contributed by atoms with Crippen LogP contribution in [0.1, 0.15) is 10.4 Å². The second kappa shape index (κ2) is 5.46. The second-order valence-corrected chi connectivity index (χ2v) is 4.77. The van der Waals surface area contributed by atoms with E-state index in [0.717, 1.165) is 0 Å². The summed E-state index contributed by atoms with van der Waals surface area (Å²) in [7, 11) is 0. The quantitative estimate of drug-likeness (QED) is 0.908. The van der Waals surface area contributed by atoms with Crippen molar-refractivity contribution in [2.24, 2.45) is 0 Å². The molecule has 1 heterocycles. The maximum absolute atomic E-state index is 13.6. The zero-order chi connectivity index (χ0) is 13.1. The van der Waals surface area contributed by atoms with Gasteiger partial charge in [0.25, 0.3) is 5.91 Å². The molecule has 2 aromatic rings. The van der Waals surface area contributed by atoms with Crippen LogP contribution in [0.15, 0.2) is 41.1 Å². The van der Waals surface area contributed by atoms with Gasteiger partial charge in [-0.1, -0.05) is 17.7 Å². The number of nitrogens with one attached hydrogen (secondary N) is 1. The van der Waals surface area contributed by atoms with E-state index in [0.29, 0.717) is 10.0 Å². The van der Waals surface area contributed by atoms with Gasteiger partial charge in [-0.05, 0) is 34.1 Å². The molecule has 0 unspecified atom stereocenters. The van der Waals surface area contributed by atoms with E-state index in [4.69, 9.17) is 11.6 Å². The van der Waals surface area contributed by atoms with Gasteiger partial charge in [0.2, 0.25) is 0 Å². The molecule has 0 atom stereocenters. The number of nitrogens with zero attached hydrogens (tertiary/aromatic N) is 1. The van der Waals surface area contributed by atoms with Gasteiger partial charge in [-0.2, -0.15) is 0 Å². The smallest absolute Gasteiger partial charge is 0.257 e. The van der Waals surface area contributed by atoms with Gasteiger partial charge in [0, 0.05) is 16.9 Å². The number of carbonyl (C=O) groups excluding carboxylic acids is 1. The minimum Gasteiger partial charge on any atom is -0.319 e. The lowest BCUT2D eigenvalue weighted by atomic mass is 10.2. The highest BCUT2D eigenvalue weighted by atomic mass is 79.9. The topological polar surface area (TPSA) is 42.0 Å². The first-order valence-corrected chi connectivity index (χ1v) is 6.11. The summed E-state index contributed by atoms with van der Waals surface area (Å²) in [6.45, 7) is 0. The van der Waals surface area contributed by atoms with E-state index in [9.17, 15) is 9.18 Å². The van der Waals surface area contributed by atoms with Crippen LogP contribution in [0.25, 0.3) is 0 Å². The third kappa shape index (κ3) is 2.86. The number of hydrogen-bond donors (Lipinski definition) is 1. The number of benzene rings is 1. The summed E-state index contributed by atoms with van der Waals surface area (Å²) in [5, 5.41) is 2.39. The Balaban J connectivity index is 2.24. The highest BCUT2D eigenvalue weighted by molar-refractivity contribution is 9.10. The molecule has 0 aliphatic heterocycles.